The molecule has 0 radical (unpaired) electrons. The number of benzene rings is 4. The lowest BCUT2D eigenvalue weighted by atomic mass is 10.1. The summed E-state index contributed by atoms with van der Waals surface area (Å²) in [6.07, 6.45) is 0. The Kier molecular flexibility index (Phi) is 5.46. The minimum atomic E-state index is -0.633. The topological polar surface area (TPSA) is 3.24 Å². The number of fused-ring (bicyclic) bond motifs is 1. The van der Waals surface area contributed by atoms with Crippen LogP contribution in [0.3, 0.4) is 0 Å². The molecule has 0 unspecified atom stereocenters. The normalized spacial score (nSPS) is 11.3. The van der Waals surface area contributed by atoms with Gasteiger partial charge in [0.05, 0.1) is 0 Å². The van der Waals surface area contributed by atoms with Gasteiger partial charge in [0.2, 0.25) is 0 Å². The van der Waals surface area contributed by atoms with Crippen molar-refractivity contribution in [2.24, 2.45) is 0 Å². The maximum Gasteiger partial charge on any atom is 0.0452 e. The summed E-state index contributed by atoms with van der Waals surface area (Å²) in [4.78, 5) is 2.38. The van der Waals surface area contributed by atoms with Gasteiger partial charge in [0.25, 0.3) is 0 Å². The van der Waals surface area contributed by atoms with Gasteiger partial charge in [-0.1, -0.05) is 91.0 Å². The minimum absolute atomic E-state index is 0.443. The van der Waals surface area contributed by atoms with Gasteiger partial charge in [-0.25, -0.2) is 0 Å². The zero-order valence-electron chi connectivity index (χ0n) is 16.7. The zero-order valence-corrected chi connectivity index (χ0v) is 17.6. The highest BCUT2D eigenvalue weighted by atomic mass is 31.1. The second-order valence-electron chi connectivity index (χ2n) is 7.36. The first-order valence-electron chi connectivity index (χ1n) is 9.81. The molecule has 0 bridgehead atoms. The van der Waals surface area contributed by atoms with Crippen molar-refractivity contribution in [1.29, 1.82) is 0 Å². The molecule has 4 rings (SSSR count). The maximum atomic E-state index is 2.38. The first kappa shape index (κ1) is 18.7. The Morgan fingerprint density at radius 2 is 1.18 bits per heavy atom. The van der Waals surface area contributed by atoms with Crippen LogP contribution >= 0.6 is 7.92 Å². The molecular weight excluding hydrogens is 357 g/mol. The Bertz CT molecular complexity index is 1010. The average Bonchev–Trinajstić information content (AvgIpc) is 2.74. The summed E-state index contributed by atoms with van der Waals surface area (Å²) in [6, 6.07) is 35.8. The van der Waals surface area contributed by atoms with Crippen molar-refractivity contribution in [2.75, 3.05) is 11.9 Å². The van der Waals surface area contributed by atoms with E-state index in [0.29, 0.717) is 6.04 Å². The molecule has 0 aliphatic rings. The summed E-state index contributed by atoms with van der Waals surface area (Å²) >= 11 is 0. The Hall–Kier alpha value is -2.63. The molecule has 0 saturated heterocycles. The molecule has 28 heavy (non-hydrogen) atoms. The minimum Gasteiger partial charge on any atom is -0.372 e. The summed E-state index contributed by atoms with van der Waals surface area (Å²) in [5, 5.41) is 6.88. The van der Waals surface area contributed by atoms with E-state index in [1.165, 1.54) is 32.4 Å². The molecule has 0 aromatic heterocycles. The number of hydrogen-bond donors (Lipinski definition) is 0. The van der Waals surface area contributed by atoms with Crippen molar-refractivity contribution in [2.45, 2.75) is 19.9 Å². The van der Waals surface area contributed by atoms with Crippen molar-refractivity contribution < 1.29 is 0 Å². The third-order valence-electron chi connectivity index (χ3n) is 5.28. The molecule has 140 valence electrons. The highest BCUT2D eigenvalue weighted by Gasteiger charge is 2.21. The van der Waals surface area contributed by atoms with Gasteiger partial charge in [-0.2, -0.15) is 0 Å². The molecule has 1 nitrogen and oxygen atoms in total. The predicted octanol–water partition coefficient (Wildman–Crippen LogP) is 5.44. The third kappa shape index (κ3) is 3.55. The third-order valence-corrected chi connectivity index (χ3v) is 7.77. The SMILES string of the molecule is CC(C)N(C)c1cccc2cccc(P(c3ccccc3)c3ccccc3)c12. The van der Waals surface area contributed by atoms with Crippen LogP contribution in [0.5, 0.6) is 0 Å². The van der Waals surface area contributed by atoms with E-state index in [2.05, 4.69) is 123 Å². The highest BCUT2D eigenvalue weighted by molar-refractivity contribution is 7.80. The van der Waals surface area contributed by atoms with E-state index in [4.69, 9.17) is 0 Å². The van der Waals surface area contributed by atoms with Gasteiger partial charge in [0.1, 0.15) is 0 Å². The largest absolute Gasteiger partial charge is 0.372 e. The van der Waals surface area contributed by atoms with Gasteiger partial charge in [-0.05, 0) is 49.1 Å². The van der Waals surface area contributed by atoms with Crippen LogP contribution < -0.4 is 20.8 Å². The van der Waals surface area contributed by atoms with E-state index in [0.717, 1.165) is 0 Å². The Labute approximate surface area is 169 Å². The second kappa shape index (κ2) is 8.17. The van der Waals surface area contributed by atoms with Crippen LogP contribution in [-0.2, 0) is 0 Å². The van der Waals surface area contributed by atoms with Crippen LogP contribution in [0.2, 0.25) is 0 Å². The summed E-state index contributed by atoms with van der Waals surface area (Å²) < 4.78 is 0. The van der Waals surface area contributed by atoms with Crippen LogP contribution in [-0.4, -0.2) is 13.1 Å². The molecule has 0 aliphatic carbocycles. The molecule has 0 spiro atoms. The average molecular weight is 383 g/mol. The predicted molar refractivity (Wildman–Crippen MR) is 126 cm³/mol. The van der Waals surface area contributed by atoms with Crippen LogP contribution in [0.1, 0.15) is 13.8 Å². The molecular formula is C26H26NP. The molecule has 0 amide bonds. The Morgan fingerprint density at radius 3 is 1.71 bits per heavy atom. The summed E-state index contributed by atoms with van der Waals surface area (Å²) in [6.45, 7) is 4.50. The standard InChI is InChI=1S/C26H26NP/c1-20(2)27(3)24-18-10-12-21-13-11-19-25(26(21)24)28(22-14-6-4-7-15-22)23-16-8-5-9-17-23/h4-20H,1-3H3. The first-order valence-corrected chi connectivity index (χ1v) is 11.2. The summed E-state index contributed by atoms with van der Waals surface area (Å²) in [7, 11) is 1.57. The molecule has 2 heteroatoms. The van der Waals surface area contributed by atoms with Crippen molar-refractivity contribution >= 4 is 40.3 Å². The lowest BCUT2D eigenvalue weighted by molar-refractivity contribution is 0.757. The van der Waals surface area contributed by atoms with E-state index in [1.54, 1.807) is 0 Å². The van der Waals surface area contributed by atoms with E-state index in [9.17, 15) is 0 Å². The molecule has 0 heterocycles. The summed E-state index contributed by atoms with van der Waals surface area (Å²) in [5.74, 6) is 0. The van der Waals surface area contributed by atoms with Crippen molar-refractivity contribution in [3.05, 3.63) is 97.1 Å². The van der Waals surface area contributed by atoms with E-state index in [1.807, 2.05) is 0 Å². The number of hydrogen-bond acceptors (Lipinski definition) is 1. The lowest BCUT2D eigenvalue weighted by Gasteiger charge is -2.28. The van der Waals surface area contributed by atoms with Gasteiger partial charge in [-0.15, -0.1) is 0 Å². The van der Waals surface area contributed by atoms with E-state index in [-0.39, 0.29) is 0 Å². The Morgan fingerprint density at radius 1 is 0.643 bits per heavy atom. The molecule has 4 aromatic rings. The fourth-order valence-corrected chi connectivity index (χ4v) is 6.14. The van der Waals surface area contributed by atoms with Gasteiger partial charge >= 0.3 is 0 Å². The fraction of sp³-hybridized carbons (Fsp3) is 0.154. The van der Waals surface area contributed by atoms with Crippen LogP contribution in [0, 0.1) is 0 Å². The van der Waals surface area contributed by atoms with Gasteiger partial charge in [0, 0.05) is 24.2 Å². The van der Waals surface area contributed by atoms with E-state index < -0.39 is 7.92 Å². The van der Waals surface area contributed by atoms with Crippen LogP contribution in [0.4, 0.5) is 5.69 Å². The molecule has 0 N–H and O–H groups in total. The second-order valence-corrected chi connectivity index (χ2v) is 9.55. The lowest BCUT2D eigenvalue weighted by Crippen LogP contribution is -2.28. The van der Waals surface area contributed by atoms with Gasteiger partial charge in [-0.3, -0.25) is 0 Å². The maximum absolute atomic E-state index is 2.38. The molecule has 4 aromatic carbocycles. The molecule has 0 fully saturated rings. The quantitative estimate of drug-likeness (QED) is 0.415. The summed E-state index contributed by atoms with van der Waals surface area (Å²) in [5.41, 5.74) is 1.31. The zero-order chi connectivity index (χ0) is 19.5. The van der Waals surface area contributed by atoms with Crippen molar-refractivity contribution in [1.82, 2.24) is 0 Å². The number of nitrogens with zero attached hydrogens (tertiary/aromatic N) is 1. The van der Waals surface area contributed by atoms with Crippen molar-refractivity contribution in [3.63, 3.8) is 0 Å². The van der Waals surface area contributed by atoms with E-state index >= 15 is 0 Å². The molecule has 0 saturated carbocycles. The van der Waals surface area contributed by atoms with Crippen LogP contribution in [0.15, 0.2) is 97.1 Å². The molecule has 0 aliphatic heterocycles. The highest BCUT2D eigenvalue weighted by Crippen LogP contribution is 2.38. The van der Waals surface area contributed by atoms with Crippen LogP contribution in [0.25, 0.3) is 10.8 Å². The fourth-order valence-electron chi connectivity index (χ4n) is 3.64. The van der Waals surface area contributed by atoms with Gasteiger partial charge in [0.15, 0.2) is 0 Å². The molecule has 0 atom stereocenters. The smallest absolute Gasteiger partial charge is 0.0452 e. The monoisotopic (exact) mass is 383 g/mol. The van der Waals surface area contributed by atoms with Gasteiger partial charge < -0.3 is 4.90 Å². The van der Waals surface area contributed by atoms with Crippen molar-refractivity contribution in [3.8, 4) is 0 Å². The number of rotatable bonds is 5. The number of anilines is 1. The first-order chi connectivity index (χ1) is 13.7. The Balaban J connectivity index is 2.02.